The SMILES string of the molecule is CCCCNc1cc(Nc2cccc(F)c2)ncn1. The molecule has 0 unspecified atom stereocenters. The van der Waals surface area contributed by atoms with Crippen LogP contribution < -0.4 is 10.6 Å². The number of rotatable bonds is 6. The van der Waals surface area contributed by atoms with Gasteiger partial charge in [0, 0.05) is 18.3 Å². The summed E-state index contributed by atoms with van der Waals surface area (Å²) in [5.41, 5.74) is 0.665. The van der Waals surface area contributed by atoms with E-state index in [9.17, 15) is 4.39 Å². The molecule has 19 heavy (non-hydrogen) atoms. The number of unbranched alkanes of at least 4 members (excludes halogenated alkanes) is 1. The van der Waals surface area contributed by atoms with Crippen LogP contribution in [0.2, 0.25) is 0 Å². The molecule has 0 aliphatic carbocycles. The number of benzene rings is 1. The molecule has 1 heterocycles. The van der Waals surface area contributed by atoms with Crippen molar-refractivity contribution in [2.24, 2.45) is 0 Å². The van der Waals surface area contributed by atoms with E-state index in [2.05, 4.69) is 27.5 Å². The van der Waals surface area contributed by atoms with Gasteiger partial charge in [0.1, 0.15) is 23.8 Å². The average Bonchev–Trinajstić information content (AvgIpc) is 2.39. The highest BCUT2D eigenvalue weighted by Crippen LogP contribution is 2.16. The molecule has 100 valence electrons. The number of anilines is 3. The summed E-state index contributed by atoms with van der Waals surface area (Å²) < 4.78 is 13.1. The third-order valence-electron chi connectivity index (χ3n) is 2.60. The molecule has 2 rings (SSSR count). The molecule has 1 aromatic heterocycles. The van der Waals surface area contributed by atoms with Gasteiger partial charge in [-0.2, -0.15) is 0 Å². The Labute approximate surface area is 112 Å². The number of hydrogen-bond donors (Lipinski definition) is 2. The Bertz CT molecular complexity index is 530. The summed E-state index contributed by atoms with van der Waals surface area (Å²) in [6.45, 7) is 3.02. The predicted octanol–water partition coefficient (Wildman–Crippen LogP) is 3.57. The maximum Gasteiger partial charge on any atom is 0.135 e. The molecule has 0 atom stereocenters. The van der Waals surface area contributed by atoms with Gasteiger partial charge in [0.25, 0.3) is 0 Å². The molecule has 0 amide bonds. The lowest BCUT2D eigenvalue weighted by molar-refractivity contribution is 0.628. The summed E-state index contributed by atoms with van der Waals surface area (Å²) >= 11 is 0. The lowest BCUT2D eigenvalue weighted by Crippen LogP contribution is -2.04. The van der Waals surface area contributed by atoms with Crippen LogP contribution in [0.1, 0.15) is 19.8 Å². The van der Waals surface area contributed by atoms with Gasteiger partial charge in [-0.25, -0.2) is 14.4 Å². The van der Waals surface area contributed by atoms with Crippen molar-refractivity contribution in [3.8, 4) is 0 Å². The molecule has 0 saturated heterocycles. The van der Waals surface area contributed by atoms with E-state index in [1.807, 2.05) is 0 Å². The molecular formula is C14H17FN4. The van der Waals surface area contributed by atoms with E-state index >= 15 is 0 Å². The summed E-state index contributed by atoms with van der Waals surface area (Å²) in [6.07, 6.45) is 3.71. The molecule has 0 aliphatic rings. The smallest absolute Gasteiger partial charge is 0.135 e. The zero-order valence-electron chi connectivity index (χ0n) is 10.9. The largest absolute Gasteiger partial charge is 0.370 e. The zero-order valence-corrected chi connectivity index (χ0v) is 10.9. The first-order valence-corrected chi connectivity index (χ1v) is 6.36. The highest BCUT2D eigenvalue weighted by molar-refractivity contribution is 5.58. The van der Waals surface area contributed by atoms with Gasteiger partial charge in [-0.1, -0.05) is 19.4 Å². The van der Waals surface area contributed by atoms with Gasteiger partial charge in [-0.3, -0.25) is 0 Å². The molecule has 2 aromatic rings. The van der Waals surface area contributed by atoms with Crippen molar-refractivity contribution in [2.75, 3.05) is 17.2 Å². The molecule has 0 fully saturated rings. The van der Waals surface area contributed by atoms with Gasteiger partial charge < -0.3 is 10.6 Å². The average molecular weight is 260 g/mol. The molecule has 4 nitrogen and oxygen atoms in total. The van der Waals surface area contributed by atoms with Crippen LogP contribution in [0.3, 0.4) is 0 Å². The van der Waals surface area contributed by atoms with E-state index in [-0.39, 0.29) is 5.82 Å². The van der Waals surface area contributed by atoms with E-state index in [0.717, 1.165) is 25.2 Å². The third-order valence-corrected chi connectivity index (χ3v) is 2.60. The van der Waals surface area contributed by atoms with Crippen LogP contribution in [0.15, 0.2) is 36.7 Å². The summed E-state index contributed by atoms with van der Waals surface area (Å²) in [7, 11) is 0. The van der Waals surface area contributed by atoms with Crippen LogP contribution in [0.5, 0.6) is 0 Å². The van der Waals surface area contributed by atoms with E-state index in [1.54, 1.807) is 18.2 Å². The standard InChI is InChI=1S/C14H17FN4/c1-2-3-7-16-13-9-14(18-10-17-13)19-12-6-4-5-11(15)8-12/h4-6,8-10H,2-3,7H2,1H3,(H2,16,17,18,19). The summed E-state index contributed by atoms with van der Waals surface area (Å²) in [5.74, 6) is 1.13. The molecule has 0 saturated carbocycles. The van der Waals surface area contributed by atoms with Crippen molar-refractivity contribution in [3.05, 3.63) is 42.5 Å². The molecular weight excluding hydrogens is 243 g/mol. The van der Waals surface area contributed by atoms with E-state index in [4.69, 9.17) is 0 Å². The number of nitrogens with zero attached hydrogens (tertiary/aromatic N) is 2. The van der Waals surface area contributed by atoms with Gasteiger partial charge in [-0.05, 0) is 24.6 Å². The minimum atomic E-state index is -0.277. The van der Waals surface area contributed by atoms with Crippen molar-refractivity contribution in [1.29, 1.82) is 0 Å². The molecule has 0 spiro atoms. The van der Waals surface area contributed by atoms with Crippen LogP contribution in [0.4, 0.5) is 21.7 Å². The quantitative estimate of drug-likeness (QED) is 0.779. The molecule has 0 radical (unpaired) electrons. The van der Waals surface area contributed by atoms with Crippen molar-refractivity contribution >= 4 is 17.3 Å². The highest BCUT2D eigenvalue weighted by atomic mass is 19.1. The predicted molar refractivity (Wildman–Crippen MR) is 75.1 cm³/mol. The fraction of sp³-hybridized carbons (Fsp3) is 0.286. The second-order valence-corrected chi connectivity index (χ2v) is 4.20. The Kier molecular flexibility index (Phi) is 4.66. The van der Waals surface area contributed by atoms with E-state index in [0.29, 0.717) is 11.5 Å². The monoisotopic (exact) mass is 260 g/mol. The Morgan fingerprint density at radius 1 is 1.16 bits per heavy atom. The first kappa shape index (κ1) is 13.3. The lowest BCUT2D eigenvalue weighted by Gasteiger charge is -2.08. The second kappa shape index (κ2) is 6.68. The number of nitrogens with one attached hydrogen (secondary N) is 2. The van der Waals surface area contributed by atoms with Crippen LogP contribution in [0, 0.1) is 5.82 Å². The van der Waals surface area contributed by atoms with Gasteiger partial charge in [-0.15, -0.1) is 0 Å². The summed E-state index contributed by atoms with van der Waals surface area (Å²) in [4.78, 5) is 8.24. The topological polar surface area (TPSA) is 49.8 Å². The van der Waals surface area contributed by atoms with Crippen molar-refractivity contribution < 1.29 is 4.39 Å². The minimum absolute atomic E-state index is 0.277. The Balaban J connectivity index is 2.02. The normalized spacial score (nSPS) is 10.2. The lowest BCUT2D eigenvalue weighted by atomic mass is 10.3. The zero-order chi connectivity index (χ0) is 13.5. The number of halogens is 1. The first-order chi connectivity index (χ1) is 9.28. The molecule has 0 aliphatic heterocycles. The van der Waals surface area contributed by atoms with Crippen LogP contribution in [-0.2, 0) is 0 Å². The van der Waals surface area contributed by atoms with Crippen LogP contribution in [0.25, 0.3) is 0 Å². The summed E-state index contributed by atoms with van der Waals surface area (Å²) in [6, 6.07) is 8.07. The minimum Gasteiger partial charge on any atom is -0.370 e. The molecule has 5 heteroatoms. The Morgan fingerprint density at radius 3 is 2.79 bits per heavy atom. The van der Waals surface area contributed by atoms with Gasteiger partial charge in [0.15, 0.2) is 0 Å². The number of aromatic nitrogens is 2. The first-order valence-electron chi connectivity index (χ1n) is 6.36. The third kappa shape index (κ3) is 4.21. The molecule has 1 aromatic carbocycles. The van der Waals surface area contributed by atoms with E-state index in [1.165, 1.54) is 18.5 Å². The molecule has 2 N–H and O–H groups in total. The number of hydrogen-bond acceptors (Lipinski definition) is 4. The van der Waals surface area contributed by atoms with Crippen LogP contribution in [-0.4, -0.2) is 16.5 Å². The fourth-order valence-electron chi connectivity index (χ4n) is 1.63. The van der Waals surface area contributed by atoms with Crippen molar-refractivity contribution in [2.45, 2.75) is 19.8 Å². The molecule has 0 bridgehead atoms. The van der Waals surface area contributed by atoms with Crippen molar-refractivity contribution in [3.63, 3.8) is 0 Å². The van der Waals surface area contributed by atoms with Crippen LogP contribution >= 0.6 is 0 Å². The fourth-order valence-corrected chi connectivity index (χ4v) is 1.63. The maximum atomic E-state index is 13.1. The Hall–Kier alpha value is -2.17. The highest BCUT2D eigenvalue weighted by Gasteiger charge is 2.00. The van der Waals surface area contributed by atoms with Crippen molar-refractivity contribution in [1.82, 2.24) is 9.97 Å². The Morgan fingerprint density at radius 2 is 2.00 bits per heavy atom. The second-order valence-electron chi connectivity index (χ2n) is 4.20. The van der Waals surface area contributed by atoms with Gasteiger partial charge in [0.2, 0.25) is 0 Å². The maximum absolute atomic E-state index is 13.1. The van der Waals surface area contributed by atoms with Gasteiger partial charge >= 0.3 is 0 Å². The van der Waals surface area contributed by atoms with Gasteiger partial charge in [0.05, 0.1) is 0 Å². The van der Waals surface area contributed by atoms with E-state index < -0.39 is 0 Å². The summed E-state index contributed by atoms with van der Waals surface area (Å²) in [5, 5.41) is 6.26.